The van der Waals surface area contributed by atoms with Crippen LogP contribution in [0, 0.1) is 55.3 Å². The summed E-state index contributed by atoms with van der Waals surface area (Å²) in [6.07, 6.45) is 7.97. The number of aromatic nitrogens is 2. The van der Waals surface area contributed by atoms with Crippen molar-refractivity contribution in [1.82, 2.24) is 8.75 Å². The number of hydrogen-bond acceptors (Lipinski definition) is 3. The van der Waals surface area contributed by atoms with Gasteiger partial charge in [0.05, 0.1) is 28.8 Å². The number of hydrogen-bond donors (Lipinski definition) is 0. The van der Waals surface area contributed by atoms with Crippen LogP contribution in [0.2, 0.25) is 0 Å². The highest BCUT2D eigenvalue weighted by atomic mass is 32.1. The van der Waals surface area contributed by atoms with Crippen molar-refractivity contribution in [2.24, 2.45) is 0 Å². The first-order valence-corrected chi connectivity index (χ1v) is 11.0. The Morgan fingerprint density at radius 1 is 0.562 bits per heavy atom. The first kappa shape index (κ1) is 19.1. The van der Waals surface area contributed by atoms with Crippen molar-refractivity contribution in [3.8, 4) is 23.7 Å². The first-order valence-electron chi connectivity index (χ1n) is 10.3. The highest BCUT2D eigenvalue weighted by Gasteiger charge is 2.14. The van der Waals surface area contributed by atoms with Crippen LogP contribution >= 0.6 is 11.7 Å². The molecule has 0 N–H and O–H groups in total. The maximum atomic E-state index is 4.51. The van der Waals surface area contributed by atoms with Gasteiger partial charge in [-0.2, -0.15) is 8.75 Å². The van der Waals surface area contributed by atoms with Crippen LogP contribution in [0.3, 0.4) is 0 Å². The van der Waals surface area contributed by atoms with Crippen LogP contribution in [-0.2, 0) is 0 Å². The van der Waals surface area contributed by atoms with Gasteiger partial charge in [-0.3, -0.25) is 0 Å². The smallest absolute Gasteiger partial charge is 0.121 e. The van der Waals surface area contributed by atoms with E-state index in [1.807, 2.05) is 37.8 Å². The van der Waals surface area contributed by atoms with Gasteiger partial charge >= 0.3 is 0 Å². The summed E-state index contributed by atoms with van der Waals surface area (Å²) in [7, 11) is 0. The number of fused-ring (bicyclic) bond motifs is 4. The van der Waals surface area contributed by atoms with E-state index in [9.17, 15) is 0 Å². The SMILES string of the molecule is C(#Cc1ccc(C#Cc2cc3ccccc3c3ccccc23)c2nsnc12)[C]1[CH][CH][CH][CH]1. The number of rotatable bonds is 0. The van der Waals surface area contributed by atoms with E-state index in [0.717, 1.165) is 39.0 Å². The zero-order valence-electron chi connectivity index (χ0n) is 17.0. The van der Waals surface area contributed by atoms with Gasteiger partial charge in [-0.15, -0.1) is 0 Å². The van der Waals surface area contributed by atoms with Crippen molar-refractivity contribution >= 4 is 44.3 Å². The molecule has 1 fully saturated rings. The minimum atomic E-state index is 0.807. The van der Waals surface area contributed by atoms with E-state index in [1.165, 1.54) is 27.9 Å². The topological polar surface area (TPSA) is 25.8 Å². The molecule has 0 amide bonds. The Bertz CT molecular complexity index is 1600. The zero-order valence-corrected chi connectivity index (χ0v) is 17.8. The normalized spacial score (nSPS) is 13.8. The quantitative estimate of drug-likeness (QED) is 0.220. The second-order valence-electron chi connectivity index (χ2n) is 7.49. The van der Waals surface area contributed by atoms with Gasteiger partial charge in [-0.25, -0.2) is 0 Å². The maximum Gasteiger partial charge on any atom is 0.121 e. The summed E-state index contributed by atoms with van der Waals surface area (Å²) in [5.41, 5.74) is 4.36. The van der Waals surface area contributed by atoms with Crippen LogP contribution in [0.4, 0.5) is 0 Å². The Hall–Kier alpha value is -3.66. The summed E-state index contributed by atoms with van der Waals surface area (Å²) in [4.78, 5) is 0. The third-order valence-corrected chi connectivity index (χ3v) is 6.05. The van der Waals surface area contributed by atoms with Crippen LogP contribution < -0.4 is 0 Å². The largest absolute Gasteiger partial charge is 0.172 e. The Kier molecular flexibility index (Phi) is 4.83. The Morgan fingerprint density at radius 3 is 1.91 bits per heavy atom. The second-order valence-corrected chi connectivity index (χ2v) is 8.01. The minimum absolute atomic E-state index is 0.807. The lowest BCUT2D eigenvalue weighted by Crippen LogP contribution is -1.88. The molecule has 2 nitrogen and oxygen atoms in total. The average molecular weight is 424 g/mol. The first-order chi connectivity index (χ1) is 15.9. The molecule has 1 aromatic heterocycles. The molecule has 0 bridgehead atoms. The van der Waals surface area contributed by atoms with Crippen LogP contribution in [0.1, 0.15) is 16.7 Å². The molecule has 147 valence electrons. The molecule has 0 saturated heterocycles. The van der Waals surface area contributed by atoms with E-state index >= 15 is 0 Å². The molecule has 1 heterocycles. The molecule has 0 aliphatic heterocycles. The molecule has 5 aromatic rings. The fraction of sp³-hybridized carbons (Fsp3) is 0. The minimum Gasteiger partial charge on any atom is -0.172 e. The van der Waals surface area contributed by atoms with E-state index < -0.39 is 0 Å². The highest BCUT2D eigenvalue weighted by molar-refractivity contribution is 7.00. The van der Waals surface area contributed by atoms with Crippen molar-refractivity contribution in [3.63, 3.8) is 0 Å². The van der Waals surface area contributed by atoms with Crippen molar-refractivity contribution in [2.75, 3.05) is 0 Å². The molecule has 1 saturated carbocycles. The fourth-order valence-electron chi connectivity index (χ4n) is 3.96. The van der Waals surface area contributed by atoms with E-state index in [1.54, 1.807) is 0 Å². The Labute approximate surface area is 191 Å². The number of benzene rings is 4. The molecule has 4 aromatic carbocycles. The second kappa shape index (κ2) is 8.12. The Morgan fingerprint density at radius 2 is 1.16 bits per heavy atom. The highest BCUT2D eigenvalue weighted by Crippen LogP contribution is 2.29. The van der Waals surface area contributed by atoms with Crippen LogP contribution in [-0.4, -0.2) is 8.75 Å². The van der Waals surface area contributed by atoms with Crippen LogP contribution in [0.15, 0.2) is 66.7 Å². The molecule has 3 heteroatoms. The lowest BCUT2D eigenvalue weighted by molar-refractivity contribution is 1.43. The van der Waals surface area contributed by atoms with Crippen molar-refractivity contribution in [1.29, 1.82) is 0 Å². The third kappa shape index (κ3) is 3.42. The summed E-state index contributed by atoms with van der Waals surface area (Å²) < 4.78 is 8.99. The monoisotopic (exact) mass is 423 g/mol. The molecule has 0 atom stereocenters. The standard InChI is InChI=1S/C29H15N2S/c1-2-8-20(7-1)13-14-21-15-16-22(29-28(21)30-32-31-29)17-18-24-19-23-9-3-4-10-25(23)27-12-6-5-11-26(24)27/h1-12,15-16,19H. The van der Waals surface area contributed by atoms with Gasteiger partial charge in [0.15, 0.2) is 0 Å². The van der Waals surface area contributed by atoms with Crippen LogP contribution in [0.25, 0.3) is 32.6 Å². The maximum absolute atomic E-state index is 4.51. The lowest BCUT2D eigenvalue weighted by atomic mass is 9.97. The van der Waals surface area contributed by atoms with Gasteiger partial charge in [0.1, 0.15) is 11.0 Å². The van der Waals surface area contributed by atoms with Gasteiger partial charge in [-0.1, -0.05) is 72.2 Å². The van der Waals surface area contributed by atoms with Crippen molar-refractivity contribution in [2.45, 2.75) is 0 Å². The van der Waals surface area contributed by atoms with Gasteiger partial charge in [-0.05, 0) is 65.4 Å². The molecule has 1 aliphatic rings. The molecule has 32 heavy (non-hydrogen) atoms. The molecular weight excluding hydrogens is 408 g/mol. The van der Waals surface area contributed by atoms with Gasteiger partial charge in [0.2, 0.25) is 0 Å². The average Bonchev–Trinajstić information content (AvgIpc) is 3.54. The predicted octanol–water partition coefficient (Wildman–Crippen LogP) is 6.15. The molecule has 1 aliphatic carbocycles. The predicted molar refractivity (Wildman–Crippen MR) is 132 cm³/mol. The number of nitrogens with zero attached hydrogens (tertiary/aromatic N) is 2. The summed E-state index contributed by atoms with van der Waals surface area (Å²) in [6.45, 7) is 0. The molecular formula is C29H15N2S. The van der Waals surface area contributed by atoms with Gasteiger partial charge < -0.3 is 0 Å². The van der Waals surface area contributed by atoms with Crippen LogP contribution in [0.5, 0.6) is 0 Å². The van der Waals surface area contributed by atoms with Crippen molar-refractivity contribution < 1.29 is 0 Å². The van der Waals surface area contributed by atoms with E-state index in [4.69, 9.17) is 0 Å². The summed E-state index contributed by atoms with van der Waals surface area (Å²) >= 11 is 1.20. The zero-order chi connectivity index (χ0) is 21.3. The third-order valence-electron chi connectivity index (χ3n) is 5.52. The fourth-order valence-corrected chi connectivity index (χ4v) is 4.53. The molecule has 6 rings (SSSR count). The van der Waals surface area contributed by atoms with Crippen molar-refractivity contribution in [3.05, 3.63) is 115 Å². The lowest BCUT2D eigenvalue weighted by Gasteiger charge is -2.06. The van der Waals surface area contributed by atoms with E-state index in [2.05, 4.69) is 87.0 Å². The van der Waals surface area contributed by atoms with E-state index in [0.29, 0.717) is 0 Å². The molecule has 0 spiro atoms. The summed E-state index contributed by atoms with van der Waals surface area (Å²) in [5.74, 6) is 14.2. The van der Waals surface area contributed by atoms with Gasteiger partial charge in [0, 0.05) is 5.56 Å². The Balaban J connectivity index is 1.45. The summed E-state index contributed by atoms with van der Waals surface area (Å²) in [5, 5.41) is 4.80. The summed E-state index contributed by atoms with van der Waals surface area (Å²) in [6, 6.07) is 23.0. The molecule has 5 radical (unpaired) electrons. The van der Waals surface area contributed by atoms with E-state index in [-0.39, 0.29) is 0 Å². The van der Waals surface area contributed by atoms with Gasteiger partial charge in [0.25, 0.3) is 0 Å². The molecule has 0 unspecified atom stereocenters.